The molecule has 0 amide bonds. The first kappa shape index (κ1) is 7.16. The summed E-state index contributed by atoms with van der Waals surface area (Å²) < 4.78 is 7.11. The van der Waals surface area contributed by atoms with Gasteiger partial charge in [0.05, 0.1) is 18.8 Å². The predicted molar refractivity (Wildman–Crippen MR) is 46.5 cm³/mol. The molecule has 0 aliphatic heterocycles. The minimum absolute atomic E-state index is 0.863. The van der Waals surface area contributed by atoms with Gasteiger partial charge in [0.1, 0.15) is 11.6 Å². The first-order valence-corrected chi connectivity index (χ1v) is 3.79. The Morgan fingerprint density at radius 2 is 2.33 bits per heavy atom. The zero-order valence-corrected chi connectivity index (χ0v) is 7.11. The second-order valence-corrected chi connectivity index (χ2v) is 2.67. The summed E-state index contributed by atoms with van der Waals surface area (Å²) in [7, 11) is 1.66. The number of hydrogen-bond donors (Lipinski definition) is 0. The van der Waals surface area contributed by atoms with Gasteiger partial charge in [-0.1, -0.05) is 0 Å². The minimum Gasteiger partial charge on any atom is -0.497 e. The van der Waals surface area contributed by atoms with E-state index in [2.05, 4.69) is 4.98 Å². The second-order valence-electron chi connectivity index (χ2n) is 2.67. The van der Waals surface area contributed by atoms with Crippen molar-refractivity contribution in [3.05, 3.63) is 30.4 Å². The summed E-state index contributed by atoms with van der Waals surface area (Å²) in [5.41, 5.74) is 1.06. The van der Waals surface area contributed by atoms with Crippen molar-refractivity contribution in [2.75, 3.05) is 7.11 Å². The SMILES string of the molecule is COc1ccn2c(C)ncc2c1. The molecule has 0 fully saturated rings. The summed E-state index contributed by atoms with van der Waals surface area (Å²) in [6.45, 7) is 1.97. The summed E-state index contributed by atoms with van der Waals surface area (Å²) in [5, 5.41) is 0. The maximum absolute atomic E-state index is 5.09. The Balaban J connectivity index is 2.69. The van der Waals surface area contributed by atoms with Crippen LogP contribution in [0.25, 0.3) is 5.52 Å². The van der Waals surface area contributed by atoms with Gasteiger partial charge in [0, 0.05) is 12.3 Å². The molecule has 0 saturated carbocycles. The maximum atomic E-state index is 5.09. The lowest BCUT2D eigenvalue weighted by atomic mass is 10.4. The smallest absolute Gasteiger partial charge is 0.122 e. The van der Waals surface area contributed by atoms with Crippen LogP contribution in [0, 0.1) is 6.92 Å². The average molecular weight is 162 g/mol. The molecule has 2 rings (SSSR count). The van der Waals surface area contributed by atoms with Gasteiger partial charge < -0.3 is 9.14 Å². The summed E-state index contributed by atoms with van der Waals surface area (Å²) in [5.74, 6) is 1.86. The van der Waals surface area contributed by atoms with E-state index < -0.39 is 0 Å². The average Bonchev–Trinajstić information content (AvgIpc) is 2.47. The highest BCUT2D eigenvalue weighted by Crippen LogP contribution is 2.14. The van der Waals surface area contributed by atoms with Crippen molar-refractivity contribution in [1.82, 2.24) is 9.38 Å². The molecule has 0 aliphatic rings. The van der Waals surface area contributed by atoms with Crippen molar-refractivity contribution in [1.29, 1.82) is 0 Å². The monoisotopic (exact) mass is 162 g/mol. The van der Waals surface area contributed by atoms with E-state index >= 15 is 0 Å². The lowest BCUT2D eigenvalue weighted by Crippen LogP contribution is -1.88. The number of rotatable bonds is 1. The third-order valence-corrected chi connectivity index (χ3v) is 1.92. The van der Waals surface area contributed by atoms with Crippen molar-refractivity contribution in [2.24, 2.45) is 0 Å². The normalized spacial score (nSPS) is 10.5. The molecule has 2 aromatic rings. The number of fused-ring (bicyclic) bond motifs is 1. The molecule has 2 heterocycles. The van der Waals surface area contributed by atoms with Crippen LogP contribution in [0.1, 0.15) is 5.82 Å². The summed E-state index contributed by atoms with van der Waals surface area (Å²) in [4.78, 5) is 4.18. The van der Waals surface area contributed by atoms with Crippen LogP contribution in [0.4, 0.5) is 0 Å². The fourth-order valence-corrected chi connectivity index (χ4v) is 1.24. The quantitative estimate of drug-likeness (QED) is 0.637. The molecular weight excluding hydrogens is 152 g/mol. The number of pyridine rings is 1. The van der Waals surface area contributed by atoms with E-state index in [9.17, 15) is 0 Å². The van der Waals surface area contributed by atoms with Gasteiger partial charge in [-0.3, -0.25) is 0 Å². The van der Waals surface area contributed by atoms with Crippen LogP contribution in [0.3, 0.4) is 0 Å². The largest absolute Gasteiger partial charge is 0.497 e. The first-order chi connectivity index (χ1) is 5.81. The van der Waals surface area contributed by atoms with Gasteiger partial charge in [-0.2, -0.15) is 0 Å². The highest BCUT2D eigenvalue weighted by Gasteiger charge is 1.98. The third kappa shape index (κ3) is 0.942. The topological polar surface area (TPSA) is 26.5 Å². The zero-order chi connectivity index (χ0) is 8.55. The Morgan fingerprint density at radius 1 is 1.50 bits per heavy atom. The van der Waals surface area contributed by atoms with E-state index in [1.807, 2.05) is 35.9 Å². The molecule has 62 valence electrons. The minimum atomic E-state index is 0.863. The highest BCUT2D eigenvalue weighted by atomic mass is 16.5. The Hall–Kier alpha value is -1.51. The molecule has 0 saturated heterocycles. The predicted octanol–water partition coefficient (Wildman–Crippen LogP) is 1.65. The Morgan fingerprint density at radius 3 is 3.08 bits per heavy atom. The summed E-state index contributed by atoms with van der Waals surface area (Å²) in [6, 6.07) is 3.88. The molecule has 3 nitrogen and oxygen atoms in total. The van der Waals surface area contributed by atoms with Gasteiger partial charge in [0.25, 0.3) is 0 Å². The second kappa shape index (κ2) is 2.52. The standard InChI is InChI=1S/C9H10N2O/c1-7-10-6-8-5-9(12-2)3-4-11(7)8/h3-6H,1-2H3. The molecule has 0 radical (unpaired) electrons. The Kier molecular flexibility index (Phi) is 1.50. The number of hydrogen-bond acceptors (Lipinski definition) is 2. The molecule has 12 heavy (non-hydrogen) atoms. The summed E-state index contributed by atoms with van der Waals surface area (Å²) in [6.07, 6.45) is 3.79. The molecule has 0 aliphatic carbocycles. The lowest BCUT2D eigenvalue weighted by Gasteiger charge is -2.00. The van der Waals surface area contributed by atoms with E-state index in [0.29, 0.717) is 0 Å². The fourth-order valence-electron chi connectivity index (χ4n) is 1.24. The Bertz CT molecular complexity index is 406. The van der Waals surface area contributed by atoms with Crippen LogP contribution >= 0.6 is 0 Å². The van der Waals surface area contributed by atoms with Crippen LogP contribution in [0.5, 0.6) is 5.75 Å². The molecular formula is C9H10N2O. The highest BCUT2D eigenvalue weighted by molar-refractivity contribution is 5.50. The fraction of sp³-hybridized carbons (Fsp3) is 0.222. The molecule has 2 aromatic heterocycles. The van der Waals surface area contributed by atoms with Gasteiger partial charge >= 0.3 is 0 Å². The number of imidazole rings is 1. The molecule has 0 spiro atoms. The van der Waals surface area contributed by atoms with Crippen LogP contribution in [-0.2, 0) is 0 Å². The van der Waals surface area contributed by atoms with E-state index in [0.717, 1.165) is 17.1 Å². The molecule has 3 heteroatoms. The van der Waals surface area contributed by atoms with Gasteiger partial charge in [0.2, 0.25) is 0 Å². The lowest BCUT2D eigenvalue weighted by molar-refractivity contribution is 0.414. The summed E-state index contributed by atoms with van der Waals surface area (Å²) >= 11 is 0. The van der Waals surface area contributed by atoms with Crippen molar-refractivity contribution in [2.45, 2.75) is 6.92 Å². The van der Waals surface area contributed by atoms with E-state index in [1.165, 1.54) is 0 Å². The number of nitrogens with zero attached hydrogens (tertiary/aromatic N) is 2. The van der Waals surface area contributed by atoms with Crippen molar-refractivity contribution < 1.29 is 4.74 Å². The van der Waals surface area contributed by atoms with Crippen molar-refractivity contribution >= 4 is 5.52 Å². The van der Waals surface area contributed by atoms with Crippen LogP contribution in [-0.4, -0.2) is 16.5 Å². The van der Waals surface area contributed by atoms with Crippen molar-refractivity contribution in [3.63, 3.8) is 0 Å². The van der Waals surface area contributed by atoms with Gasteiger partial charge in [-0.15, -0.1) is 0 Å². The first-order valence-electron chi connectivity index (χ1n) is 3.79. The van der Waals surface area contributed by atoms with E-state index in [1.54, 1.807) is 7.11 Å². The van der Waals surface area contributed by atoms with Crippen LogP contribution < -0.4 is 4.74 Å². The van der Waals surface area contributed by atoms with Crippen LogP contribution in [0.2, 0.25) is 0 Å². The van der Waals surface area contributed by atoms with Gasteiger partial charge in [0.15, 0.2) is 0 Å². The molecule has 0 atom stereocenters. The number of ether oxygens (including phenoxy) is 1. The van der Waals surface area contributed by atoms with Crippen LogP contribution in [0.15, 0.2) is 24.5 Å². The van der Waals surface area contributed by atoms with Crippen molar-refractivity contribution in [3.8, 4) is 5.75 Å². The zero-order valence-electron chi connectivity index (χ0n) is 7.11. The molecule has 0 N–H and O–H groups in total. The number of aromatic nitrogens is 2. The van der Waals surface area contributed by atoms with Gasteiger partial charge in [-0.05, 0) is 13.0 Å². The molecule has 0 bridgehead atoms. The number of methoxy groups -OCH3 is 1. The Labute approximate surface area is 70.6 Å². The molecule has 0 aromatic carbocycles. The third-order valence-electron chi connectivity index (χ3n) is 1.92. The van der Waals surface area contributed by atoms with E-state index in [-0.39, 0.29) is 0 Å². The number of aryl methyl sites for hydroxylation is 1. The maximum Gasteiger partial charge on any atom is 0.122 e. The van der Waals surface area contributed by atoms with Gasteiger partial charge in [-0.25, -0.2) is 4.98 Å². The molecule has 0 unspecified atom stereocenters. The van der Waals surface area contributed by atoms with E-state index in [4.69, 9.17) is 4.74 Å².